The molecule has 0 fully saturated rings. The second kappa shape index (κ2) is 7.63. The van der Waals surface area contributed by atoms with E-state index in [9.17, 15) is 0 Å². The molecule has 0 aliphatic carbocycles. The third-order valence-electron chi connectivity index (χ3n) is 2.50. The maximum Gasteiger partial charge on any atom is 0.126 e. The van der Waals surface area contributed by atoms with Crippen molar-refractivity contribution in [3.05, 3.63) is 22.3 Å². The minimum Gasteiger partial charge on any atom is -0.383 e. The maximum absolute atomic E-state index is 5.03. The number of hydrogen-bond donors (Lipinski definition) is 1. The zero-order valence-electron chi connectivity index (χ0n) is 10.7. The van der Waals surface area contributed by atoms with E-state index in [2.05, 4.69) is 38.2 Å². The maximum atomic E-state index is 5.03. The van der Waals surface area contributed by atoms with E-state index in [0.29, 0.717) is 0 Å². The topological polar surface area (TPSA) is 37.4 Å². The van der Waals surface area contributed by atoms with Crippen LogP contribution in [0.2, 0.25) is 0 Å². The van der Waals surface area contributed by atoms with Crippen LogP contribution >= 0.6 is 15.9 Å². The average Bonchev–Trinajstić information content (AvgIpc) is 2.31. The fourth-order valence-electron chi connectivity index (χ4n) is 1.38. The molecule has 0 bridgehead atoms. The van der Waals surface area contributed by atoms with Crippen molar-refractivity contribution in [2.24, 2.45) is 0 Å². The first-order valence-electron chi connectivity index (χ1n) is 5.68. The summed E-state index contributed by atoms with van der Waals surface area (Å²) in [7, 11) is 3.81. The van der Waals surface area contributed by atoms with E-state index in [1.165, 1.54) is 0 Å². The fraction of sp³-hybridized carbons (Fsp3) is 0.583. The van der Waals surface area contributed by atoms with Crippen molar-refractivity contribution in [3.63, 3.8) is 0 Å². The lowest BCUT2D eigenvalue weighted by Crippen LogP contribution is -2.28. The standard InChI is InChI=1S/C12H20BrN3O/c1-10-11(13)4-5-12(15-10)14-6-7-16(2)8-9-17-3/h4-5H,6-9H2,1-3H3,(H,14,15). The van der Waals surface area contributed by atoms with Crippen LogP contribution in [0.3, 0.4) is 0 Å². The zero-order chi connectivity index (χ0) is 12.7. The zero-order valence-corrected chi connectivity index (χ0v) is 12.2. The molecule has 0 aromatic carbocycles. The van der Waals surface area contributed by atoms with Gasteiger partial charge < -0.3 is 15.0 Å². The van der Waals surface area contributed by atoms with Crippen molar-refractivity contribution in [3.8, 4) is 0 Å². The quantitative estimate of drug-likeness (QED) is 0.837. The summed E-state index contributed by atoms with van der Waals surface area (Å²) < 4.78 is 6.07. The Bertz CT molecular complexity index is 347. The molecule has 96 valence electrons. The molecule has 0 spiro atoms. The van der Waals surface area contributed by atoms with Gasteiger partial charge in [-0.05, 0) is 42.0 Å². The molecule has 0 aliphatic rings. The van der Waals surface area contributed by atoms with Crippen LogP contribution in [0.25, 0.3) is 0 Å². The smallest absolute Gasteiger partial charge is 0.126 e. The van der Waals surface area contributed by atoms with E-state index in [1.54, 1.807) is 7.11 Å². The number of halogens is 1. The third-order valence-corrected chi connectivity index (χ3v) is 3.34. The summed E-state index contributed by atoms with van der Waals surface area (Å²) in [5.41, 5.74) is 1.00. The van der Waals surface area contributed by atoms with E-state index >= 15 is 0 Å². The van der Waals surface area contributed by atoms with Crippen LogP contribution in [0, 0.1) is 6.92 Å². The first-order valence-corrected chi connectivity index (χ1v) is 6.47. The van der Waals surface area contributed by atoms with Gasteiger partial charge in [0.05, 0.1) is 12.3 Å². The van der Waals surface area contributed by atoms with Gasteiger partial charge in [-0.1, -0.05) is 0 Å². The Balaban J connectivity index is 2.28. The Hall–Kier alpha value is -0.650. The molecule has 0 saturated heterocycles. The fourth-order valence-corrected chi connectivity index (χ4v) is 1.60. The molecule has 17 heavy (non-hydrogen) atoms. The Kier molecular flexibility index (Phi) is 6.47. The van der Waals surface area contributed by atoms with E-state index < -0.39 is 0 Å². The highest BCUT2D eigenvalue weighted by Crippen LogP contribution is 2.15. The Labute approximate surface area is 111 Å². The summed E-state index contributed by atoms with van der Waals surface area (Å²) in [6, 6.07) is 3.99. The van der Waals surface area contributed by atoms with Crippen LogP contribution in [0.15, 0.2) is 16.6 Å². The first-order chi connectivity index (χ1) is 8.13. The second-order valence-corrected chi connectivity index (χ2v) is 4.84. The van der Waals surface area contributed by atoms with E-state index in [0.717, 1.165) is 42.2 Å². The van der Waals surface area contributed by atoms with Crippen molar-refractivity contribution in [2.75, 3.05) is 45.7 Å². The van der Waals surface area contributed by atoms with Gasteiger partial charge in [-0.3, -0.25) is 0 Å². The normalized spacial score (nSPS) is 10.9. The van der Waals surface area contributed by atoms with Crippen molar-refractivity contribution in [2.45, 2.75) is 6.92 Å². The third kappa shape index (κ3) is 5.48. The Morgan fingerprint density at radius 1 is 1.41 bits per heavy atom. The van der Waals surface area contributed by atoms with E-state index in [4.69, 9.17) is 4.74 Å². The summed E-state index contributed by atoms with van der Waals surface area (Å²) in [6.45, 7) is 5.56. The molecule has 4 nitrogen and oxygen atoms in total. The molecule has 0 saturated carbocycles. The van der Waals surface area contributed by atoms with Gasteiger partial charge in [-0.25, -0.2) is 4.98 Å². The van der Waals surface area contributed by atoms with Crippen LogP contribution in [0.1, 0.15) is 5.69 Å². The molecule has 1 heterocycles. The summed E-state index contributed by atoms with van der Waals surface area (Å²) >= 11 is 3.44. The van der Waals surface area contributed by atoms with Gasteiger partial charge in [0.15, 0.2) is 0 Å². The van der Waals surface area contributed by atoms with Gasteiger partial charge in [0.2, 0.25) is 0 Å². The van der Waals surface area contributed by atoms with Gasteiger partial charge >= 0.3 is 0 Å². The highest BCUT2D eigenvalue weighted by Gasteiger charge is 2.00. The minimum absolute atomic E-state index is 0.770. The molecular formula is C12H20BrN3O. The molecule has 1 aromatic heterocycles. The van der Waals surface area contributed by atoms with Crippen molar-refractivity contribution in [1.82, 2.24) is 9.88 Å². The van der Waals surface area contributed by atoms with Gasteiger partial charge in [0.25, 0.3) is 0 Å². The summed E-state index contributed by atoms with van der Waals surface area (Å²) in [6.07, 6.45) is 0. The number of nitrogens with one attached hydrogen (secondary N) is 1. The van der Waals surface area contributed by atoms with E-state index in [1.807, 2.05) is 19.1 Å². The number of aryl methyl sites for hydroxylation is 1. The predicted octanol–water partition coefficient (Wildman–Crippen LogP) is 2.14. The predicted molar refractivity (Wildman–Crippen MR) is 74.5 cm³/mol. The molecule has 0 amide bonds. The van der Waals surface area contributed by atoms with Crippen molar-refractivity contribution in [1.29, 1.82) is 0 Å². The highest BCUT2D eigenvalue weighted by molar-refractivity contribution is 9.10. The Morgan fingerprint density at radius 2 is 2.18 bits per heavy atom. The molecule has 0 aliphatic heterocycles. The summed E-state index contributed by atoms with van der Waals surface area (Å²) in [5.74, 6) is 0.922. The molecule has 0 unspecified atom stereocenters. The first kappa shape index (κ1) is 14.4. The number of hydrogen-bond acceptors (Lipinski definition) is 4. The number of pyridine rings is 1. The van der Waals surface area contributed by atoms with Gasteiger partial charge in [0, 0.05) is 31.2 Å². The largest absolute Gasteiger partial charge is 0.383 e. The van der Waals surface area contributed by atoms with Crippen molar-refractivity contribution < 1.29 is 4.74 Å². The summed E-state index contributed by atoms with van der Waals surface area (Å²) in [5, 5.41) is 3.31. The van der Waals surface area contributed by atoms with Gasteiger partial charge in [-0.15, -0.1) is 0 Å². The number of anilines is 1. The molecular weight excluding hydrogens is 282 g/mol. The number of methoxy groups -OCH3 is 1. The number of rotatable bonds is 7. The average molecular weight is 302 g/mol. The number of aromatic nitrogens is 1. The number of ether oxygens (including phenoxy) is 1. The lowest BCUT2D eigenvalue weighted by molar-refractivity contribution is 0.163. The highest BCUT2D eigenvalue weighted by atomic mass is 79.9. The Morgan fingerprint density at radius 3 is 2.82 bits per heavy atom. The van der Waals surface area contributed by atoms with E-state index in [-0.39, 0.29) is 0 Å². The molecule has 1 N–H and O–H groups in total. The molecule has 1 rings (SSSR count). The molecule has 0 atom stereocenters. The van der Waals surface area contributed by atoms with Crippen molar-refractivity contribution >= 4 is 21.7 Å². The molecule has 5 heteroatoms. The SMILES string of the molecule is COCCN(C)CCNc1ccc(Br)c(C)n1. The van der Waals surface area contributed by atoms with Gasteiger partial charge in [-0.2, -0.15) is 0 Å². The van der Waals surface area contributed by atoms with Gasteiger partial charge in [0.1, 0.15) is 5.82 Å². The van der Waals surface area contributed by atoms with Crippen LogP contribution in [0.4, 0.5) is 5.82 Å². The monoisotopic (exact) mass is 301 g/mol. The van der Waals surface area contributed by atoms with Crippen LogP contribution in [-0.2, 0) is 4.74 Å². The lowest BCUT2D eigenvalue weighted by atomic mass is 10.3. The van der Waals surface area contributed by atoms with Crippen LogP contribution in [0.5, 0.6) is 0 Å². The minimum atomic E-state index is 0.770. The van der Waals surface area contributed by atoms with Crippen LogP contribution < -0.4 is 5.32 Å². The molecule has 1 aromatic rings. The number of likely N-dealkylation sites (N-methyl/N-ethyl adjacent to an activating group) is 1. The lowest BCUT2D eigenvalue weighted by Gasteiger charge is -2.16. The second-order valence-electron chi connectivity index (χ2n) is 3.99. The summed E-state index contributed by atoms with van der Waals surface area (Å²) in [4.78, 5) is 6.65. The van der Waals surface area contributed by atoms with Crippen LogP contribution in [-0.4, -0.2) is 50.3 Å². The molecule has 0 radical (unpaired) electrons. The number of nitrogens with zero attached hydrogens (tertiary/aromatic N) is 2.